The van der Waals surface area contributed by atoms with Crippen LogP contribution in [0.1, 0.15) is 22.3 Å². The number of benzene rings is 2. The van der Waals surface area contributed by atoms with Gasteiger partial charge in [-0.05, 0) is 36.1 Å². The largest absolute Gasteiger partial charge is 0.496 e. The Morgan fingerprint density at radius 3 is 1.55 bits per heavy atom. The van der Waals surface area contributed by atoms with E-state index in [1.807, 2.05) is 48.6 Å². The Bertz CT molecular complexity index is 791. The Hall–Kier alpha value is -3.04. The normalized spacial score (nSPS) is 11.1. The van der Waals surface area contributed by atoms with E-state index in [1.165, 1.54) is 11.1 Å². The second kappa shape index (κ2) is 12.4. The molecule has 0 saturated heterocycles. The predicted molar refractivity (Wildman–Crippen MR) is 123 cm³/mol. The van der Waals surface area contributed by atoms with Crippen molar-refractivity contribution in [2.45, 2.75) is 12.8 Å². The van der Waals surface area contributed by atoms with Gasteiger partial charge < -0.3 is 14.2 Å². The summed E-state index contributed by atoms with van der Waals surface area (Å²) in [6.07, 6.45) is 13.4. The number of hydrogen-bond donors (Lipinski definition) is 0. The summed E-state index contributed by atoms with van der Waals surface area (Å²) in [7, 11) is 3.37. The van der Waals surface area contributed by atoms with Crippen molar-refractivity contribution in [3.63, 3.8) is 0 Å². The maximum absolute atomic E-state index is 5.67. The Balaban J connectivity index is 1.85. The van der Waals surface area contributed by atoms with Crippen LogP contribution in [0.25, 0.3) is 12.2 Å². The van der Waals surface area contributed by atoms with Gasteiger partial charge in [-0.2, -0.15) is 0 Å². The lowest BCUT2D eigenvalue weighted by Crippen LogP contribution is -1.93. The molecule has 0 fully saturated rings. The number of allylic oxidation sites excluding steroid dienone is 2. The molecular formula is C26H30O3. The quantitative estimate of drug-likeness (QED) is 0.333. The third kappa shape index (κ3) is 7.13. The minimum Gasteiger partial charge on any atom is -0.496 e. The molecule has 0 aliphatic heterocycles. The minimum absolute atomic E-state index is 0.525. The summed E-state index contributed by atoms with van der Waals surface area (Å²) < 4.78 is 16.6. The Morgan fingerprint density at radius 2 is 1.17 bits per heavy atom. The zero-order valence-electron chi connectivity index (χ0n) is 17.4. The fraction of sp³-hybridized carbons (Fsp3) is 0.231. The average molecular weight is 391 g/mol. The van der Waals surface area contributed by atoms with Crippen LogP contribution in [0.15, 0.2) is 73.9 Å². The van der Waals surface area contributed by atoms with Crippen LogP contribution in [-0.4, -0.2) is 27.4 Å². The van der Waals surface area contributed by atoms with Gasteiger partial charge in [0.25, 0.3) is 0 Å². The van der Waals surface area contributed by atoms with E-state index in [9.17, 15) is 0 Å². The van der Waals surface area contributed by atoms with Crippen LogP contribution in [0.2, 0.25) is 0 Å². The van der Waals surface area contributed by atoms with Crippen LogP contribution in [0.5, 0.6) is 11.5 Å². The topological polar surface area (TPSA) is 27.7 Å². The molecule has 0 aliphatic carbocycles. The predicted octanol–water partition coefficient (Wildman–Crippen LogP) is 5.90. The van der Waals surface area contributed by atoms with Crippen molar-refractivity contribution in [2.75, 3.05) is 27.4 Å². The van der Waals surface area contributed by atoms with Crippen molar-refractivity contribution in [3.8, 4) is 11.5 Å². The van der Waals surface area contributed by atoms with E-state index in [-0.39, 0.29) is 0 Å². The molecule has 0 spiro atoms. The van der Waals surface area contributed by atoms with E-state index in [2.05, 4.69) is 37.4 Å². The van der Waals surface area contributed by atoms with Crippen LogP contribution in [0.3, 0.4) is 0 Å². The molecule has 0 N–H and O–H groups in total. The van der Waals surface area contributed by atoms with Crippen molar-refractivity contribution in [2.24, 2.45) is 0 Å². The first kappa shape index (κ1) is 22.3. The smallest absolute Gasteiger partial charge is 0.126 e. The van der Waals surface area contributed by atoms with Crippen LogP contribution in [-0.2, 0) is 17.6 Å². The van der Waals surface area contributed by atoms with Gasteiger partial charge in [0, 0.05) is 11.1 Å². The molecule has 2 aromatic rings. The molecule has 2 rings (SSSR count). The highest BCUT2D eigenvalue weighted by Gasteiger charge is 2.02. The van der Waals surface area contributed by atoms with Crippen LogP contribution in [0.4, 0.5) is 0 Å². The molecule has 0 bridgehead atoms. The monoisotopic (exact) mass is 390 g/mol. The fourth-order valence-corrected chi connectivity index (χ4v) is 2.93. The van der Waals surface area contributed by atoms with Crippen LogP contribution >= 0.6 is 0 Å². The summed E-state index contributed by atoms with van der Waals surface area (Å²) in [6, 6.07) is 12.4. The van der Waals surface area contributed by atoms with Crippen molar-refractivity contribution in [1.82, 2.24) is 0 Å². The Labute approximate surface area is 174 Å². The van der Waals surface area contributed by atoms with Gasteiger partial charge in [0.05, 0.1) is 27.4 Å². The zero-order valence-corrected chi connectivity index (χ0v) is 17.4. The minimum atomic E-state index is 0.525. The number of ether oxygens (including phenoxy) is 3. The Morgan fingerprint density at radius 1 is 0.724 bits per heavy atom. The molecule has 0 aliphatic rings. The standard InChI is InChI=1S/C26H30O3/c1-5-9-21-13-15-23(25(19-21)27-3)11-7-17-29-18-8-12-24-16-14-22(10-6-2)20-26(24)28-4/h5-8,11-16,19-20H,1-2,9-10,17-18H2,3-4H3. The first-order chi connectivity index (χ1) is 14.2. The molecule has 2 aromatic carbocycles. The van der Waals surface area contributed by atoms with Gasteiger partial charge in [-0.15, -0.1) is 13.2 Å². The van der Waals surface area contributed by atoms with E-state index in [0.717, 1.165) is 35.5 Å². The molecule has 3 heteroatoms. The van der Waals surface area contributed by atoms with E-state index in [4.69, 9.17) is 14.2 Å². The van der Waals surface area contributed by atoms with Gasteiger partial charge in [0.2, 0.25) is 0 Å². The zero-order chi connectivity index (χ0) is 20.9. The summed E-state index contributed by atoms with van der Waals surface area (Å²) in [4.78, 5) is 0. The first-order valence-electron chi connectivity index (χ1n) is 9.68. The SMILES string of the molecule is C=CCc1ccc(C=CCOCC=Cc2ccc(CC=C)cc2OC)c(OC)c1. The highest BCUT2D eigenvalue weighted by atomic mass is 16.5. The highest BCUT2D eigenvalue weighted by molar-refractivity contribution is 5.59. The summed E-state index contributed by atoms with van der Waals surface area (Å²) in [5.74, 6) is 1.71. The van der Waals surface area contributed by atoms with Gasteiger partial charge in [0.1, 0.15) is 11.5 Å². The maximum Gasteiger partial charge on any atom is 0.126 e. The molecule has 29 heavy (non-hydrogen) atoms. The van der Waals surface area contributed by atoms with Gasteiger partial charge in [-0.3, -0.25) is 0 Å². The molecule has 0 heterocycles. The maximum atomic E-state index is 5.67. The molecule has 0 saturated carbocycles. The van der Waals surface area contributed by atoms with E-state index in [1.54, 1.807) is 14.2 Å². The fourth-order valence-electron chi connectivity index (χ4n) is 2.93. The lowest BCUT2D eigenvalue weighted by Gasteiger charge is -2.07. The highest BCUT2D eigenvalue weighted by Crippen LogP contribution is 2.23. The van der Waals surface area contributed by atoms with Gasteiger partial charge in [-0.1, -0.05) is 60.7 Å². The summed E-state index contributed by atoms with van der Waals surface area (Å²) in [5.41, 5.74) is 4.43. The van der Waals surface area contributed by atoms with Gasteiger partial charge in [-0.25, -0.2) is 0 Å². The summed E-state index contributed by atoms with van der Waals surface area (Å²) in [6.45, 7) is 8.59. The third-order valence-electron chi connectivity index (χ3n) is 4.38. The lowest BCUT2D eigenvalue weighted by molar-refractivity contribution is 0.195. The molecule has 152 valence electrons. The van der Waals surface area contributed by atoms with E-state index < -0.39 is 0 Å². The van der Waals surface area contributed by atoms with E-state index >= 15 is 0 Å². The number of hydrogen-bond acceptors (Lipinski definition) is 3. The second-order valence-corrected chi connectivity index (χ2v) is 6.48. The lowest BCUT2D eigenvalue weighted by atomic mass is 10.1. The van der Waals surface area contributed by atoms with Crippen LogP contribution < -0.4 is 9.47 Å². The Kier molecular flexibility index (Phi) is 9.53. The molecule has 0 atom stereocenters. The average Bonchev–Trinajstić information content (AvgIpc) is 2.74. The molecule has 0 unspecified atom stereocenters. The number of rotatable bonds is 12. The van der Waals surface area contributed by atoms with E-state index in [0.29, 0.717) is 13.2 Å². The van der Waals surface area contributed by atoms with Crippen molar-refractivity contribution in [1.29, 1.82) is 0 Å². The summed E-state index contributed by atoms with van der Waals surface area (Å²) >= 11 is 0. The third-order valence-corrected chi connectivity index (χ3v) is 4.38. The number of methoxy groups -OCH3 is 2. The second-order valence-electron chi connectivity index (χ2n) is 6.48. The molecular weight excluding hydrogens is 360 g/mol. The van der Waals surface area contributed by atoms with Crippen molar-refractivity contribution < 1.29 is 14.2 Å². The molecule has 0 amide bonds. The first-order valence-corrected chi connectivity index (χ1v) is 9.68. The van der Waals surface area contributed by atoms with Crippen LogP contribution in [0, 0.1) is 0 Å². The molecule has 0 aromatic heterocycles. The van der Waals surface area contributed by atoms with Crippen molar-refractivity contribution in [3.05, 3.63) is 96.1 Å². The van der Waals surface area contributed by atoms with Crippen molar-refractivity contribution >= 4 is 12.2 Å². The van der Waals surface area contributed by atoms with Gasteiger partial charge in [0.15, 0.2) is 0 Å². The summed E-state index contributed by atoms with van der Waals surface area (Å²) in [5, 5.41) is 0. The molecule has 3 nitrogen and oxygen atoms in total. The van der Waals surface area contributed by atoms with Gasteiger partial charge >= 0.3 is 0 Å². The molecule has 0 radical (unpaired) electrons.